The van der Waals surface area contributed by atoms with Crippen LogP contribution in [0.1, 0.15) is 38.3 Å². The van der Waals surface area contributed by atoms with Gasteiger partial charge in [-0.2, -0.15) is 0 Å². The lowest BCUT2D eigenvalue weighted by atomic mass is 10.0. The molecule has 2 rings (SSSR count). The zero-order valence-electron chi connectivity index (χ0n) is 16.3. The van der Waals surface area contributed by atoms with Gasteiger partial charge in [0.05, 0.1) is 0 Å². The van der Waals surface area contributed by atoms with Crippen molar-refractivity contribution in [2.75, 3.05) is 6.61 Å². The zero-order valence-corrected chi connectivity index (χ0v) is 16.3. The summed E-state index contributed by atoms with van der Waals surface area (Å²) in [6, 6.07) is 17.5. The summed E-state index contributed by atoms with van der Waals surface area (Å²) in [6.07, 6.45) is 0.500. The van der Waals surface area contributed by atoms with Crippen LogP contribution in [0, 0.1) is 0 Å². The van der Waals surface area contributed by atoms with Crippen molar-refractivity contribution in [2.45, 2.75) is 51.9 Å². The number of aliphatic hydroxyl groups is 1. The topological polar surface area (TPSA) is 67.8 Å². The van der Waals surface area contributed by atoms with E-state index in [-0.39, 0.29) is 12.6 Å². The SMILES string of the molecule is CC(C)(C)OC(=O)NC(CCO)Cc1ccccc1OCc1ccccc1. The highest BCUT2D eigenvalue weighted by Crippen LogP contribution is 2.22. The molecule has 1 atom stereocenters. The van der Waals surface area contributed by atoms with Crippen LogP contribution in [-0.2, 0) is 17.8 Å². The number of carbonyl (C=O) groups is 1. The maximum atomic E-state index is 12.1. The largest absolute Gasteiger partial charge is 0.489 e. The molecule has 2 aromatic carbocycles. The minimum atomic E-state index is -0.565. The highest BCUT2D eigenvalue weighted by Gasteiger charge is 2.20. The third-order valence-corrected chi connectivity index (χ3v) is 3.87. The van der Waals surface area contributed by atoms with Crippen LogP contribution >= 0.6 is 0 Å². The number of rotatable bonds is 8. The first kappa shape index (κ1) is 20.8. The van der Waals surface area contributed by atoms with Gasteiger partial charge >= 0.3 is 6.09 Å². The van der Waals surface area contributed by atoms with E-state index in [1.54, 1.807) is 0 Å². The summed E-state index contributed by atoms with van der Waals surface area (Å²) in [5.41, 5.74) is 1.50. The molecule has 2 N–H and O–H groups in total. The molecule has 5 nitrogen and oxygen atoms in total. The van der Waals surface area contributed by atoms with Crippen LogP contribution in [-0.4, -0.2) is 29.4 Å². The predicted molar refractivity (Wildman–Crippen MR) is 106 cm³/mol. The molecule has 0 aliphatic carbocycles. The first-order chi connectivity index (χ1) is 12.9. The van der Waals surface area contributed by atoms with Crippen molar-refractivity contribution in [1.82, 2.24) is 5.32 Å². The summed E-state index contributed by atoms with van der Waals surface area (Å²) in [5.74, 6) is 0.773. The Hall–Kier alpha value is -2.53. The lowest BCUT2D eigenvalue weighted by molar-refractivity contribution is 0.0497. The van der Waals surface area contributed by atoms with E-state index in [9.17, 15) is 9.90 Å². The number of hydrogen-bond donors (Lipinski definition) is 2. The van der Waals surface area contributed by atoms with Crippen LogP contribution in [0.4, 0.5) is 4.79 Å². The third kappa shape index (κ3) is 7.71. The van der Waals surface area contributed by atoms with Gasteiger partial charge in [0, 0.05) is 12.6 Å². The molecule has 0 radical (unpaired) electrons. The van der Waals surface area contributed by atoms with Gasteiger partial charge in [-0.25, -0.2) is 4.79 Å². The van der Waals surface area contributed by atoms with Crippen LogP contribution in [0.5, 0.6) is 5.75 Å². The molecule has 0 saturated carbocycles. The van der Waals surface area contributed by atoms with Gasteiger partial charge in [0.25, 0.3) is 0 Å². The summed E-state index contributed by atoms with van der Waals surface area (Å²) < 4.78 is 11.3. The van der Waals surface area contributed by atoms with Gasteiger partial charge in [-0.1, -0.05) is 48.5 Å². The quantitative estimate of drug-likeness (QED) is 0.734. The molecule has 0 saturated heterocycles. The Morgan fingerprint density at radius 1 is 1.07 bits per heavy atom. The maximum absolute atomic E-state index is 12.1. The normalized spacial score (nSPS) is 12.3. The van der Waals surface area contributed by atoms with Gasteiger partial charge in [0.15, 0.2) is 0 Å². The minimum Gasteiger partial charge on any atom is -0.489 e. The van der Waals surface area contributed by atoms with Crippen LogP contribution in [0.3, 0.4) is 0 Å². The molecule has 0 aromatic heterocycles. The molecular formula is C22H29NO4. The Morgan fingerprint density at radius 2 is 1.74 bits per heavy atom. The molecule has 0 fully saturated rings. The Kier molecular flexibility index (Phi) is 7.67. The summed E-state index contributed by atoms with van der Waals surface area (Å²) in [6.45, 7) is 5.91. The molecule has 1 unspecified atom stereocenters. The van der Waals surface area contributed by atoms with Crippen LogP contribution < -0.4 is 10.1 Å². The number of aliphatic hydroxyl groups excluding tert-OH is 1. The van der Waals surface area contributed by atoms with Crippen LogP contribution in [0.2, 0.25) is 0 Å². The first-order valence-corrected chi connectivity index (χ1v) is 9.22. The Morgan fingerprint density at radius 3 is 2.41 bits per heavy atom. The van der Waals surface area contributed by atoms with E-state index in [0.29, 0.717) is 19.4 Å². The average molecular weight is 371 g/mol. The highest BCUT2D eigenvalue weighted by atomic mass is 16.6. The maximum Gasteiger partial charge on any atom is 0.407 e. The fourth-order valence-corrected chi connectivity index (χ4v) is 2.67. The van der Waals surface area contributed by atoms with E-state index in [2.05, 4.69) is 5.32 Å². The van der Waals surface area contributed by atoms with Crippen molar-refractivity contribution in [2.24, 2.45) is 0 Å². The number of benzene rings is 2. The molecule has 0 bridgehead atoms. The molecule has 0 aliphatic heterocycles. The molecule has 2 aromatic rings. The van der Waals surface area contributed by atoms with E-state index in [4.69, 9.17) is 9.47 Å². The van der Waals surface area contributed by atoms with Crippen molar-refractivity contribution in [3.05, 3.63) is 65.7 Å². The Labute approximate surface area is 161 Å². The number of amides is 1. The molecule has 0 aliphatic rings. The van der Waals surface area contributed by atoms with E-state index in [0.717, 1.165) is 16.9 Å². The first-order valence-electron chi connectivity index (χ1n) is 9.22. The number of ether oxygens (including phenoxy) is 2. The average Bonchev–Trinajstić information content (AvgIpc) is 2.60. The lowest BCUT2D eigenvalue weighted by Gasteiger charge is -2.24. The van der Waals surface area contributed by atoms with E-state index in [1.165, 1.54) is 0 Å². The number of hydrogen-bond acceptors (Lipinski definition) is 4. The number of para-hydroxylation sites is 1. The number of nitrogens with one attached hydrogen (secondary N) is 1. The summed E-state index contributed by atoms with van der Waals surface area (Å²) in [5, 5.41) is 12.2. The van der Waals surface area contributed by atoms with E-state index in [1.807, 2.05) is 75.4 Å². The number of carbonyl (C=O) groups excluding carboxylic acids is 1. The molecule has 5 heteroatoms. The fraction of sp³-hybridized carbons (Fsp3) is 0.409. The molecule has 0 spiro atoms. The van der Waals surface area contributed by atoms with Gasteiger partial charge in [-0.05, 0) is 50.8 Å². The molecule has 1 amide bonds. The van der Waals surface area contributed by atoms with Crippen LogP contribution in [0.15, 0.2) is 54.6 Å². The minimum absolute atomic E-state index is 0.0203. The predicted octanol–water partition coefficient (Wildman–Crippen LogP) is 4.08. The van der Waals surface area contributed by atoms with E-state index < -0.39 is 11.7 Å². The van der Waals surface area contributed by atoms with Gasteiger partial charge in [-0.3, -0.25) is 0 Å². The van der Waals surface area contributed by atoms with Gasteiger partial charge < -0.3 is 19.9 Å². The van der Waals surface area contributed by atoms with Gasteiger partial charge in [0.1, 0.15) is 18.0 Å². The summed E-state index contributed by atoms with van der Waals surface area (Å²) in [4.78, 5) is 12.1. The second-order valence-electron chi connectivity index (χ2n) is 7.44. The van der Waals surface area contributed by atoms with E-state index >= 15 is 0 Å². The van der Waals surface area contributed by atoms with Crippen molar-refractivity contribution >= 4 is 6.09 Å². The lowest BCUT2D eigenvalue weighted by Crippen LogP contribution is -2.40. The molecular weight excluding hydrogens is 342 g/mol. The molecule has 146 valence electrons. The standard InChI is InChI=1S/C22H29NO4/c1-22(2,3)27-21(25)23-19(13-14-24)15-18-11-7-8-12-20(18)26-16-17-9-5-4-6-10-17/h4-12,19,24H,13-16H2,1-3H3,(H,23,25). The van der Waals surface area contributed by atoms with Crippen molar-refractivity contribution in [3.63, 3.8) is 0 Å². The van der Waals surface area contributed by atoms with Gasteiger partial charge in [-0.15, -0.1) is 0 Å². The van der Waals surface area contributed by atoms with Crippen LogP contribution in [0.25, 0.3) is 0 Å². The zero-order chi connectivity index (χ0) is 19.7. The van der Waals surface area contributed by atoms with Crippen molar-refractivity contribution in [3.8, 4) is 5.75 Å². The molecule has 27 heavy (non-hydrogen) atoms. The fourth-order valence-electron chi connectivity index (χ4n) is 2.67. The third-order valence-electron chi connectivity index (χ3n) is 3.87. The smallest absolute Gasteiger partial charge is 0.407 e. The summed E-state index contributed by atoms with van der Waals surface area (Å²) >= 11 is 0. The summed E-state index contributed by atoms with van der Waals surface area (Å²) in [7, 11) is 0. The van der Waals surface area contributed by atoms with Crippen molar-refractivity contribution < 1.29 is 19.4 Å². The number of alkyl carbamates (subject to hydrolysis) is 1. The monoisotopic (exact) mass is 371 g/mol. The Balaban J connectivity index is 2.03. The van der Waals surface area contributed by atoms with Gasteiger partial charge in [0.2, 0.25) is 0 Å². The van der Waals surface area contributed by atoms with Crippen molar-refractivity contribution in [1.29, 1.82) is 0 Å². The Bertz CT molecular complexity index is 710. The second kappa shape index (κ2) is 9.97. The second-order valence-corrected chi connectivity index (χ2v) is 7.44. The highest BCUT2D eigenvalue weighted by molar-refractivity contribution is 5.68. The molecule has 0 heterocycles.